The van der Waals surface area contributed by atoms with Gasteiger partial charge in [0.1, 0.15) is 11.5 Å². The Hall–Kier alpha value is -1.18. The Morgan fingerprint density at radius 3 is 2.30 bits per heavy atom. The topological polar surface area (TPSA) is 40.5 Å². The van der Waals surface area contributed by atoms with Crippen molar-refractivity contribution < 1.29 is 10.2 Å². The van der Waals surface area contributed by atoms with Gasteiger partial charge in [-0.2, -0.15) is 0 Å². The molecule has 2 N–H and O–H groups in total. The van der Waals surface area contributed by atoms with Gasteiger partial charge in [0.25, 0.3) is 0 Å². The van der Waals surface area contributed by atoms with Crippen LogP contribution in [0.5, 0.6) is 11.5 Å². The second-order valence-electron chi connectivity index (χ2n) is 7.94. The van der Waals surface area contributed by atoms with Gasteiger partial charge in [0.05, 0.1) is 0 Å². The summed E-state index contributed by atoms with van der Waals surface area (Å²) in [7, 11) is 0. The second-order valence-corrected chi connectivity index (χ2v) is 7.94. The van der Waals surface area contributed by atoms with Crippen LogP contribution in [0.1, 0.15) is 83.3 Å². The molecule has 2 rings (SSSR count). The Morgan fingerprint density at radius 1 is 1.09 bits per heavy atom. The van der Waals surface area contributed by atoms with E-state index in [0.29, 0.717) is 29.3 Å². The summed E-state index contributed by atoms with van der Waals surface area (Å²) in [6.07, 6.45) is 7.95. The first-order chi connectivity index (χ1) is 10.9. The maximum atomic E-state index is 10.6. The minimum absolute atomic E-state index is 0.281. The van der Waals surface area contributed by atoms with E-state index < -0.39 is 0 Å². The second kappa shape index (κ2) is 8.08. The van der Waals surface area contributed by atoms with Crippen molar-refractivity contribution in [1.29, 1.82) is 0 Å². The molecule has 0 bridgehead atoms. The molecule has 2 nitrogen and oxygen atoms in total. The summed E-state index contributed by atoms with van der Waals surface area (Å²) in [5, 5.41) is 21.2. The number of aryl methyl sites for hydroxylation is 1. The SMILES string of the molecule is CCCCCc1cc(O)c(C2CC(C)CC[C@H]2C(C)C)c(O)c1. The van der Waals surface area contributed by atoms with Crippen molar-refractivity contribution in [3.63, 3.8) is 0 Å². The summed E-state index contributed by atoms with van der Waals surface area (Å²) >= 11 is 0. The quantitative estimate of drug-likeness (QED) is 0.631. The molecule has 1 saturated carbocycles. The van der Waals surface area contributed by atoms with E-state index in [4.69, 9.17) is 0 Å². The first kappa shape index (κ1) is 18.2. The van der Waals surface area contributed by atoms with Gasteiger partial charge in [0, 0.05) is 5.56 Å². The van der Waals surface area contributed by atoms with E-state index in [9.17, 15) is 10.2 Å². The summed E-state index contributed by atoms with van der Waals surface area (Å²) in [6.45, 7) is 9.01. The molecule has 1 aromatic rings. The van der Waals surface area contributed by atoms with E-state index in [2.05, 4.69) is 27.7 Å². The number of hydrogen-bond acceptors (Lipinski definition) is 2. The first-order valence-electron chi connectivity index (χ1n) is 9.48. The Labute approximate surface area is 141 Å². The maximum Gasteiger partial charge on any atom is 0.123 e. The lowest BCUT2D eigenvalue weighted by Crippen LogP contribution is -2.26. The molecule has 0 spiro atoms. The van der Waals surface area contributed by atoms with E-state index in [0.717, 1.165) is 30.4 Å². The average molecular weight is 319 g/mol. The molecule has 0 heterocycles. The minimum Gasteiger partial charge on any atom is -0.508 e. The number of unbranched alkanes of at least 4 members (excludes halogenated alkanes) is 2. The van der Waals surface area contributed by atoms with Crippen molar-refractivity contribution in [2.75, 3.05) is 0 Å². The van der Waals surface area contributed by atoms with E-state index in [1.54, 1.807) is 0 Å². The molecule has 3 atom stereocenters. The van der Waals surface area contributed by atoms with Crippen LogP contribution in [0.3, 0.4) is 0 Å². The summed E-state index contributed by atoms with van der Waals surface area (Å²) in [4.78, 5) is 0. The van der Waals surface area contributed by atoms with Gasteiger partial charge in [-0.05, 0) is 67.1 Å². The molecule has 2 unspecified atom stereocenters. The zero-order valence-electron chi connectivity index (χ0n) is 15.3. The van der Waals surface area contributed by atoms with Gasteiger partial charge in [-0.15, -0.1) is 0 Å². The van der Waals surface area contributed by atoms with Crippen LogP contribution in [0.25, 0.3) is 0 Å². The van der Waals surface area contributed by atoms with Crippen LogP contribution in [-0.2, 0) is 6.42 Å². The molecular formula is C21H34O2. The predicted octanol–water partition coefficient (Wildman–Crippen LogP) is 6.01. The molecular weight excluding hydrogens is 284 g/mol. The van der Waals surface area contributed by atoms with Crippen molar-refractivity contribution in [1.82, 2.24) is 0 Å². The number of phenols is 2. The lowest BCUT2D eigenvalue weighted by Gasteiger charge is -2.38. The van der Waals surface area contributed by atoms with Crippen molar-refractivity contribution >= 4 is 0 Å². The van der Waals surface area contributed by atoms with Crippen LogP contribution >= 0.6 is 0 Å². The van der Waals surface area contributed by atoms with Gasteiger partial charge >= 0.3 is 0 Å². The molecule has 0 aliphatic heterocycles. The lowest BCUT2D eigenvalue weighted by molar-refractivity contribution is 0.192. The largest absolute Gasteiger partial charge is 0.508 e. The van der Waals surface area contributed by atoms with E-state index >= 15 is 0 Å². The van der Waals surface area contributed by atoms with Crippen molar-refractivity contribution in [2.45, 2.75) is 78.6 Å². The number of rotatable bonds is 6. The fourth-order valence-corrected chi connectivity index (χ4v) is 4.32. The van der Waals surface area contributed by atoms with Gasteiger partial charge in [-0.1, -0.05) is 47.0 Å². The van der Waals surface area contributed by atoms with Crippen LogP contribution in [0.15, 0.2) is 12.1 Å². The molecule has 23 heavy (non-hydrogen) atoms. The highest BCUT2D eigenvalue weighted by Crippen LogP contribution is 2.49. The van der Waals surface area contributed by atoms with Gasteiger partial charge in [-0.25, -0.2) is 0 Å². The molecule has 0 aromatic heterocycles. The summed E-state index contributed by atoms with van der Waals surface area (Å²) in [5.41, 5.74) is 1.86. The Kier molecular flexibility index (Phi) is 6.38. The van der Waals surface area contributed by atoms with Crippen LogP contribution in [0, 0.1) is 17.8 Å². The van der Waals surface area contributed by atoms with Crippen molar-refractivity contribution in [3.05, 3.63) is 23.3 Å². The highest BCUT2D eigenvalue weighted by Gasteiger charge is 2.34. The molecule has 1 aliphatic rings. The number of benzene rings is 1. The summed E-state index contributed by atoms with van der Waals surface area (Å²) < 4.78 is 0. The molecule has 1 aromatic carbocycles. The third kappa shape index (κ3) is 4.43. The highest BCUT2D eigenvalue weighted by atomic mass is 16.3. The summed E-state index contributed by atoms with van der Waals surface area (Å²) in [5.74, 6) is 2.69. The monoisotopic (exact) mass is 318 g/mol. The molecule has 2 heteroatoms. The van der Waals surface area contributed by atoms with Gasteiger partial charge in [0.15, 0.2) is 0 Å². The third-order valence-electron chi connectivity index (χ3n) is 5.66. The molecule has 130 valence electrons. The Balaban J connectivity index is 2.26. The van der Waals surface area contributed by atoms with E-state index in [1.807, 2.05) is 12.1 Å². The smallest absolute Gasteiger partial charge is 0.123 e. The molecule has 0 radical (unpaired) electrons. The fourth-order valence-electron chi connectivity index (χ4n) is 4.32. The molecule has 1 fully saturated rings. The zero-order chi connectivity index (χ0) is 17.0. The van der Waals surface area contributed by atoms with Crippen LogP contribution < -0.4 is 0 Å². The normalized spacial score (nSPS) is 25.0. The average Bonchev–Trinajstić information content (AvgIpc) is 2.46. The summed E-state index contributed by atoms with van der Waals surface area (Å²) in [6, 6.07) is 3.78. The third-order valence-corrected chi connectivity index (χ3v) is 5.66. The number of aromatic hydroxyl groups is 2. The minimum atomic E-state index is 0.281. The standard InChI is InChI=1S/C21H34O2/c1-5-6-7-8-16-12-19(22)21(20(23)13-16)18-11-15(4)9-10-17(18)14(2)3/h12-15,17-18,22-23H,5-11H2,1-4H3/t15?,17-,18?/m0/s1. The Morgan fingerprint density at radius 2 is 1.74 bits per heavy atom. The van der Waals surface area contributed by atoms with Crippen molar-refractivity contribution in [3.8, 4) is 11.5 Å². The highest BCUT2D eigenvalue weighted by molar-refractivity contribution is 5.49. The predicted molar refractivity (Wildman–Crippen MR) is 97.1 cm³/mol. The first-order valence-corrected chi connectivity index (χ1v) is 9.48. The zero-order valence-corrected chi connectivity index (χ0v) is 15.3. The van der Waals surface area contributed by atoms with Crippen LogP contribution in [0.2, 0.25) is 0 Å². The molecule has 0 amide bonds. The Bertz CT molecular complexity index is 484. The van der Waals surface area contributed by atoms with E-state index in [1.165, 1.54) is 25.7 Å². The molecule has 1 aliphatic carbocycles. The lowest BCUT2D eigenvalue weighted by atomic mass is 9.67. The molecule has 0 saturated heterocycles. The maximum absolute atomic E-state index is 10.6. The van der Waals surface area contributed by atoms with Crippen LogP contribution in [0.4, 0.5) is 0 Å². The van der Waals surface area contributed by atoms with Crippen molar-refractivity contribution in [2.24, 2.45) is 17.8 Å². The van der Waals surface area contributed by atoms with Gasteiger partial charge in [0.2, 0.25) is 0 Å². The van der Waals surface area contributed by atoms with Gasteiger partial charge in [-0.3, -0.25) is 0 Å². The number of phenolic OH excluding ortho intramolecular Hbond substituents is 2. The number of hydrogen-bond donors (Lipinski definition) is 2. The van der Waals surface area contributed by atoms with Crippen LogP contribution in [-0.4, -0.2) is 10.2 Å². The fraction of sp³-hybridized carbons (Fsp3) is 0.714. The van der Waals surface area contributed by atoms with Gasteiger partial charge < -0.3 is 10.2 Å². The van der Waals surface area contributed by atoms with E-state index in [-0.39, 0.29) is 5.92 Å².